The van der Waals surface area contributed by atoms with E-state index in [9.17, 15) is 4.79 Å². The van der Waals surface area contributed by atoms with Gasteiger partial charge in [-0.05, 0) is 32.9 Å². The molecule has 0 fully saturated rings. The molecule has 1 N–H and O–H groups in total. The standard InChI is InChI=1S/C13H16N2O3/c1-13(2,3)18-12(16)15-11-8-9(17-5)6-7-10(11)14-4/h6-8H,1-3,5H3,(H,15,16). The second kappa shape index (κ2) is 5.41. The Bertz CT molecular complexity index is 484. The Labute approximate surface area is 107 Å². The lowest BCUT2D eigenvalue weighted by Crippen LogP contribution is -2.27. The van der Waals surface area contributed by atoms with Crippen LogP contribution in [0.15, 0.2) is 18.2 Å². The van der Waals surface area contributed by atoms with Gasteiger partial charge in [-0.1, -0.05) is 6.07 Å². The lowest BCUT2D eigenvalue weighted by atomic mass is 10.2. The number of hydrogen-bond acceptors (Lipinski definition) is 3. The number of amides is 1. The summed E-state index contributed by atoms with van der Waals surface area (Å²) in [5, 5.41) is 2.54. The molecular weight excluding hydrogens is 232 g/mol. The van der Waals surface area contributed by atoms with Gasteiger partial charge in [0.2, 0.25) is 5.69 Å². The average molecular weight is 248 g/mol. The predicted octanol–water partition coefficient (Wildman–Crippen LogP) is 3.59. The third-order valence-corrected chi connectivity index (χ3v) is 1.96. The van der Waals surface area contributed by atoms with Crippen molar-refractivity contribution < 1.29 is 14.3 Å². The van der Waals surface area contributed by atoms with Gasteiger partial charge in [0.05, 0.1) is 19.4 Å². The first-order chi connectivity index (χ1) is 8.35. The highest BCUT2D eigenvalue weighted by atomic mass is 16.6. The van der Waals surface area contributed by atoms with Gasteiger partial charge < -0.3 is 14.8 Å². The highest BCUT2D eigenvalue weighted by molar-refractivity contribution is 5.90. The molecule has 5 nitrogen and oxygen atoms in total. The first-order valence-electron chi connectivity index (χ1n) is 5.41. The van der Waals surface area contributed by atoms with Gasteiger partial charge in [0.1, 0.15) is 11.4 Å². The van der Waals surface area contributed by atoms with Crippen molar-refractivity contribution in [3.63, 3.8) is 0 Å². The molecule has 18 heavy (non-hydrogen) atoms. The van der Waals surface area contributed by atoms with E-state index in [0.29, 0.717) is 17.1 Å². The zero-order chi connectivity index (χ0) is 13.8. The van der Waals surface area contributed by atoms with Crippen LogP contribution in [0.25, 0.3) is 4.85 Å². The number of nitrogens with one attached hydrogen (secondary N) is 1. The molecule has 0 radical (unpaired) electrons. The molecule has 0 spiro atoms. The summed E-state index contributed by atoms with van der Waals surface area (Å²) in [7, 11) is 1.52. The van der Waals surface area contributed by atoms with Gasteiger partial charge in [-0.15, -0.1) is 0 Å². The Kier molecular flexibility index (Phi) is 4.16. The smallest absolute Gasteiger partial charge is 0.411 e. The van der Waals surface area contributed by atoms with Crippen molar-refractivity contribution in [1.82, 2.24) is 0 Å². The van der Waals surface area contributed by atoms with Crippen LogP contribution in [-0.4, -0.2) is 18.8 Å². The summed E-state index contributed by atoms with van der Waals surface area (Å²) >= 11 is 0. The number of carbonyl (C=O) groups excluding carboxylic acids is 1. The molecule has 0 heterocycles. The maximum atomic E-state index is 11.6. The Morgan fingerprint density at radius 2 is 2.06 bits per heavy atom. The van der Waals surface area contributed by atoms with E-state index in [2.05, 4.69) is 10.2 Å². The largest absolute Gasteiger partial charge is 0.497 e. The first-order valence-corrected chi connectivity index (χ1v) is 5.41. The van der Waals surface area contributed by atoms with E-state index in [-0.39, 0.29) is 0 Å². The minimum absolute atomic E-state index is 0.335. The van der Waals surface area contributed by atoms with Crippen LogP contribution in [0.5, 0.6) is 5.75 Å². The number of methoxy groups -OCH3 is 1. The molecule has 0 saturated heterocycles. The summed E-state index contributed by atoms with van der Waals surface area (Å²) in [5.41, 5.74) is 0.126. The lowest BCUT2D eigenvalue weighted by molar-refractivity contribution is 0.0636. The molecule has 0 saturated carbocycles. The molecule has 1 aromatic rings. The molecule has 0 aliphatic heterocycles. The van der Waals surface area contributed by atoms with Gasteiger partial charge in [0, 0.05) is 0 Å². The molecule has 0 unspecified atom stereocenters. The number of nitrogens with zero attached hydrogens (tertiary/aromatic N) is 1. The third-order valence-electron chi connectivity index (χ3n) is 1.96. The van der Waals surface area contributed by atoms with Gasteiger partial charge in [0.15, 0.2) is 0 Å². The van der Waals surface area contributed by atoms with Gasteiger partial charge in [-0.25, -0.2) is 9.64 Å². The summed E-state index contributed by atoms with van der Waals surface area (Å²) in [4.78, 5) is 14.9. The van der Waals surface area contributed by atoms with Crippen LogP contribution in [0.2, 0.25) is 0 Å². The molecule has 1 rings (SSSR count). The normalized spacial score (nSPS) is 10.4. The van der Waals surface area contributed by atoms with Crippen molar-refractivity contribution in [2.75, 3.05) is 12.4 Å². The van der Waals surface area contributed by atoms with E-state index in [1.54, 1.807) is 39.0 Å². The van der Waals surface area contributed by atoms with Crippen molar-refractivity contribution in [2.45, 2.75) is 26.4 Å². The second-order valence-electron chi connectivity index (χ2n) is 4.62. The molecule has 0 bridgehead atoms. The van der Waals surface area contributed by atoms with E-state index in [0.717, 1.165) is 0 Å². The summed E-state index contributed by atoms with van der Waals surface area (Å²) in [6.07, 6.45) is -0.597. The third kappa shape index (κ3) is 3.98. The van der Waals surface area contributed by atoms with E-state index in [1.165, 1.54) is 7.11 Å². The maximum absolute atomic E-state index is 11.6. The minimum Gasteiger partial charge on any atom is -0.497 e. The summed E-state index contributed by atoms with van der Waals surface area (Å²) < 4.78 is 10.2. The number of carbonyl (C=O) groups is 1. The lowest BCUT2D eigenvalue weighted by Gasteiger charge is -2.20. The fourth-order valence-corrected chi connectivity index (χ4v) is 1.25. The molecule has 0 aliphatic rings. The quantitative estimate of drug-likeness (QED) is 0.814. The maximum Gasteiger partial charge on any atom is 0.411 e. The summed E-state index contributed by atoms with van der Waals surface area (Å²) in [6, 6.07) is 4.82. The molecule has 0 atom stereocenters. The van der Waals surface area contributed by atoms with Gasteiger partial charge in [-0.3, -0.25) is 0 Å². The van der Waals surface area contributed by atoms with E-state index in [1.807, 2.05) is 0 Å². The van der Waals surface area contributed by atoms with E-state index < -0.39 is 11.7 Å². The van der Waals surface area contributed by atoms with Crippen LogP contribution in [-0.2, 0) is 4.74 Å². The van der Waals surface area contributed by atoms with Crippen LogP contribution >= 0.6 is 0 Å². The van der Waals surface area contributed by atoms with Crippen molar-refractivity contribution in [3.05, 3.63) is 29.6 Å². The number of rotatable bonds is 2. The second-order valence-corrected chi connectivity index (χ2v) is 4.62. The number of ether oxygens (including phenoxy) is 2. The van der Waals surface area contributed by atoms with Crippen LogP contribution in [0.3, 0.4) is 0 Å². The topological polar surface area (TPSA) is 51.9 Å². The SMILES string of the molecule is [C-]#[N+]c1ccc(OC)cc1NC(=O)OC(C)(C)C. The van der Waals surface area contributed by atoms with Crippen molar-refractivity contribution in [2.24, 2.45) is 0 Å². The van der Waals surface area contributed by atoms with Crippen LogP contribution in [0, 0.1) is 6.57 Å². The van der Waals surface area contributed by atoms with Gasteiger partial charge in [-0.2, -0.15) is 0 Å². The molecule has 1 aromatic carbocycles. The Morgan fingerprint density at radius 1 is 1.39 bits per heavy atom. The first kappa shape index (κ1) is 13.8. The minimum atomic E-state index is -0.597. The van der Waals surface area contributed by atoms with Crippen molar-refractivity contribution in [1.29, 1.82) is 0 Å². The van der Waals surface area contributed by atoms with Crippen LogP contribution < -0.4 is 10.1 Å². The van der Waals surface area contributed by atoms with Crippen molar-refractivity contribution in [3.8, 4) is 5.75 Å². The Morgan fingerprint density at radius 3 is 2.56 bits per heavy atom. The molecule has 1 amide bonds. The number of anilines is 1. The van der Waals surface area contributed by atoms with Crippen molar-refractivity contribution >= 4 is 17.5 Å². The zero-order valence-corrected chi connectivity index (χ0v) is 10.9. The Balaban J connectivity index is 2.89. The van der Waals surface area contributed by atoms with Crippen LogP contribution in [0.1, 0.15) is 20.8 Å². The fraction of sp³-hybridized carbons (Fsp3) is 0.385. The van der Waals surface area contributed by atoms with Gasteiger partial charge >= 0.3 is 6.09 Å². The molecule has 0 aromatic heterocycles. The average Bonchev–Trinajstić information content (AvgIpc) is 2.26. The summed E-state index contributed by atoms with van der Waals surface area (Å²) in [6.45, 7) is 12.3. The van der Waals surface area contributed by atoms with Gasteiger partial charge in [0.25, 0.3) is 0 Å². The highest BCUT2D eigenvalue weighted by Gasteiger charge is 2.17. The number of hydrogen-bond donors (Lipinski definition) is 1. The molecule has 0 aliphatic carbocycles. The predicted molar refractivity (Wildman–Crippen MR) is 69.1 cm³/mol. The Hall–Kier alpha value is -2.22. The summed E-state index contributed by atoms with van der Waals surface area (Å²) in [5.74, 6) is 0.563. The van der Waals surface area contributed by atoms with E-state index >= 15 is 0 Å². The molecular formula is C13H16N2O3. The molecule has 5 heteroatoms. The number of benzene rings is 1. The monoisotopic (exact) mass is 248 g/mol. The molecule has 96 valence electrons. The highest BCUT2D eigenvalue weighted by Crippen LogP contribution is 2.29. The van der Waals surface area contributed by atoms with E-state index in [4.69, 9.17) is 16.0 Å². The fourth-order valence-electron chi connectivity index (χ4n) is 1.25. The zero-order valence-electron chi connectivity index (χ0n) is 10.9. The van der Waals surface area contributed by atoms with Crippen LogP contribution in [0.4, 0.5) is 16.2 Å².